The fourth-order valence-electron chi connectivity index (χ4n) is 2.39. The summed E-state index contributed by atoms with van der Waals surface area (Å²) < 4.78 is 0. The highest BCUT2D eigenvalue weighted by Gasteiger charge is 2.23. The maximum absolute atomic E-state index is 12.0. The molecule has 106 valence electrons. The molecule has 0 saturated heterocycles. The zero-order chi connectivity index (χ0) is 13.9. The Morgan fingerprint density at radius 1 is 1.30 bits per heavy atom. The molecular formula is C15H19N3O2. The minimum absolute atomic E-state index is 0.0463. The molecule has 0 bridgehead atoms. The standard InChI is InChI=1S/C15H19N3O2/c19-14(18-12-4-5-12)9-17-15(20)11-3-6-13-10(8-11)2-1-7-16-13/h3,6,8,12,16H,1-2,4-5,7,9H2,(H,17,20)(H,18,19). The molecule has 0 atom stereocenters. The highest BCUT2D eigenvalue weighted by Crippen LogP contribution is 2.22. The number of aryl methyl sites for hydroxylation is 1. The van der Waals surface area contributed by atoms with Crippen LogP contribution < -0.4 is 16.0 Å². The number of nitrogens with one attached hydrogen (secondary N) is 3. The van der Waals surface area contributed by atoms with Gasteiger partial charge in [-0.1, -0.05) is 0 Å². The van der Waals surface area contributed by atoms with Crippen LogP contribution in [0.25, 0.3) is 0 Å². The van der Waals surface area contributed by atoms with Crippen molar-refractivity contribution in [1.29, 1.82) is 0 Å². The van der Waals surface area contributed by atoms with E-state index in [1.54, 1.807) is 6.07 Å². The lowest BCUT2D eigenvalue weighted by molar-refractivity contribution is -0.120. The first-order valence-corrected chi connectivity index (χ1v) is 7.17. The van der Waals surface area contributed by atoms with Crippen LogP contribution >= 0.6 is 0 Å². The van der Waals surface area contributed by atoms with E-state index >= 15 is 0 Å². The molecule has 0 aromatic heterocycles. The van der Waals surface area contributed by atoms with Crippen molar-refractivity contribution in [2.75, 3.05) is 18.4 Å². The van der Waals surface area contributed by atoms with Crippen LogP contribution in [0.2, 0.25) is 0 Å². The number of anilines is 1. The summed E-state index contributed by atoms with van der Waals surface area (Å²) in [6.07, 6.45) is 4.18. The summed E-state index contributed by atoms with van der Waals surface area (Å²) >= 11 is 0. The van der Waals surface area contributed by atoms with E-state index in [1.807, 2.05) is 12.1 Å². The summed E-state index contributed by atoms with van der Waals surface area (Å²) in [4.78, 5) is 23.6. The van der Waals surface area contributed by atoms with Crippen LogP contribution in [-0.4, -0.2) is 30.9 Å². The van der Waals surface area contributed by atoms with Gasteiger partial charge in [-0.2, -0.15) is 0 Å². The van der Waals surface area contributed by atoms with Gasteiger partial charge in [-0.15, -0.1) is 0 Å². The van der Waals surface area contributed by atoms with Crippen LogP contribution in [0.4, 0.5) is 5.69 Å². The maximum Gasteiger partial charge on any atom is 0.251 e. The number of rotatable bonds is 4. The van der Waals surface area contributed by atoms with Gasteiger partial charge in [0.1, 0.15) is 0 Å². The smallest absolute Gasteiger partial charge is 0.251 e. The minimum atomic E-state index is -0.190. The normalized spacial score (nSPS) is 16.8. The van der Waals surface area contributed by atoms with Gasteiger partial charge in [-0.3, -0.25) is 9.59 Å². The van der Waals surface area contributed by atoms with Gasteiger partial charge in [-0.05, 0) is 49.4 Å². The van der Waals surface area contributed by atoms with Crippen LogP contribution in [0.15, 0.2) is 18.2 Å². The van der Waals surface area contributed by atoms with Crippen LogP contribution in [0.5, 0.6) is 0 Å². The topological polar surface area (TPSA) is 70.2 Å². The lowest BCUT2D eigenvalue weighted by atomic mass is 10.0. The van der Waals surface area contributed by atoms with Crippen molar-refractivity contribution in [3.05, 3.63) is 29.3 Å². The van der Waals surface area contributed by atoms with Crippen molar-refractivity contribution in [3.8, 4) is 0 Å². The van der Waals surface area contributed by atoms with E-state index in [2.05, 4.69) is 16.0 Å². The second-order valence-electron chi connectivity index (χ2n) is 5.43. The minimum Gasteiger partial charge on any atom is -0.385 e. The Balaban J connectivity index is 1.57. The summed E-state index contributed by atoms with van der Waals surface area (Å²) in [5, 5.41) is 8.83. The molecule has 5 heteroatoms. The van der Waals surface area contributed by atoms with Crippen molar-refractivity contribution in [3.63, 3.8) is 0 Å². The number of hydrogen-bond donors (Lipinski definition) is 3. The van der Waals surface area contributed by atoms with Crippen LogP contribution in [0, 0.1) is 0 Å². The molecule has 20 heavy (non-hydrogen) atoms. The summed E-state index contributed by atoms with van der Waals surface area (Å²) in [5.41, 5.74) is 2.90. The largest absolute Gasteiger partial charge is 0.385 e. The van der Waals surface area contributed by atoms with Gasteiger partial charge in [0, 0.05) is 23.8 Å². The first kappa shape index (κ1) is 13.0. The molecule has 0 unspecified atom stereocenters. The molecule has 1 aliphatic carbocycles. The Labute approximate surface area is 118 Å². The molecule has 1 fully saturated rings. The average Bonchev–Trinajstić information content (AvgIpc) is 3.28. The molecule has 3 rings (SSSR count). The number of carbonyl (C=O) groups excluding carboxylic acids is 2. The Bertz CT molecular complexity index is 538. The van der Waals surface area contributed by atoms with Gasteiger partial charge in [0.05, 0.1) is 6.54 Å². The fraction of sp³-hybridized carbons (Fsp3) is 0.467. The maximum atomic E-state index is 12.0. The van der Waals surface area contributed by atoms with Crippen LogP contribution in [0.3, 0.4) is 0 Å². The van der Waals surface area contributed by atoms with Gasteiger partial charge >= 0.3 is 0 Å². The summed E-state index contributed by atoms with van der Waals surface area (Å²) in [7, 11) is 0. The molecule has 1 aliphatic heterocycles. The van der Waals surface area contributed by atoms with E-state index in [0.29, 0.717) is 11.6 Å². The van der Waals surface area contributed by atoms with Gasteiger partial charge in [0.25, 0.3) is 5.91 Å². The predicted molar refractivity (Wildman–Crippen MR) is 76.8 cm³/mol. The lowest BCUT2D eigenvalue weighted by Gasteiger charge is -2.18. The molecule has 1 aromatic carbocycles. The molecular weight excluding hydrogens is 254 g/mol. The zero-order valence-electron chi connectivity index (χ0n) is 11.4. The Kier molecular flexibility index (Phi) is 3.58. The van der Waals surface area contributed by atoms with Crippen molar-refractivity contribution in [2.45, 2.75) is 31.7 Å². The number of amides is 2. The van der Waals surface area contributed by atoms with Gasteiger partial charge in [-0.25, -0.2) is 0 Å². The predicted octanol–water partition coefficient (Wildman–Crippen LogP) is 1.05. The SMILES string of the molecule is O=C(CNC(=O)c1ccc2c(c1)CCCN2)NC1CC1. The third-order valence-electron chi connectivity index (χ3n) is 3.66. The molecule has 5 nitrogen and oxygen atoms in total. The van der Waals surface area contributed by atoms with Crippen molar-refractivity contribution < 1.29 is 9.59 Å². The average molecular weight is 273 g/mol. The Hall–Kier alpha value is -2.04. The van der Waals surface area contributed by atoms with Crippen molar-refractivity contribution in [1.82, 2.24) is 10.6 Å². The second-order valence-corrected chi connectivity index (χ2v) is 5.43. The highest BCUT2D eigenvalue weighted by molar-refractivity contribution is 5.97. The third kappa shape index (κ3) is 3.10. The number of carbonyl (C=O) groups is 2. The van der Waals surface area contributed by atoms with Gasteiger partial charge in [0.15, 0.2) is 0 Å². The molecule has 2 aliphatic rings. The molecule has 0 radical (unpaired) electrons. The van der Waals surface area contributed by atoms with E-state index in [1.165, 1.54) is 5.56 Å². The van der Waals surface area contributed by atoms with E-state index in [9.17, 15) is 9.59 Å². The number of benzene rings is 1. The number of fused-ring (bicyclic) bond motifs is 1. The zero-order valence-corrected chi connectivity index (χ0v) is 11.4. The Morgan fingerprint density at radius 2 is 2.15 bits per heavy atom. The third-order valence-corrected chi connectivity index (χ3v) is 3.66. The van der Waals surface area contributed by atoms with Gasteiger partial charge in [0.2, 0.25) is 5.91 Å². The first-order chi connectivity index (χ1) is 9.72. The summed E-state index contributed by atoms with van der Waals surface area (Å²) in [5.74, 6) is -0.301. The van der Waals surface area contributed by atoms with E-state index in [-0.39, 0.29) is 18.4 Å². The van der Waals surface area contributed by atoms with E-state index in [4.69, 9.17) is 0 Å². The quantitative estimate of drug-likeness (QED) is 0.768. The highest BCUT2D eigenvalue weighted by atomic mass is 16.2. The van der Waals surface area contributed by atoms with Crippen molar-refractivity contribution in [2.24, 2.45) is 0 Å². The van der Waals surface area contributed by atoms with E-state index in [0.717, 1.165) is 37.9 Å². The second kappa shape index (κ2) is 5.53. The van der Waals surface area contributed by atoms with Crippen LogP contribution in [0.1, 0.15) is 35.2 Å². The molecule has 1 heterocycles. The monoisotopic (exact) mass is 273 g/mol. The van der Waals surface area contributed by atoms with Gasteiger partial charge < -0.3 is 16.0 Å². The Morgan fingerprint density at radius 3 is 2.95 bits per heavy atom. The molecule has 1 saturated carbocycles. The molecule has 2 amide bonds. The lowest BCUT2D eigenvalue weighted by Crippen LogP contribution is -2.37. The molecule has 0 spiro atoms. The van der Waals surface area contributed by atoms with Crippen LogP contribution in [-0.2, 0) is 11.2 Å². The van der Waals surface area contributed by atoms with Crippen molar-refractivity contribution >= 4 is 17.5 Å². The molecule has 3 N–H and O–H groups in total. The molecule has 1 aromatic rings. The first-order valence-electron chi connectivity index (χ1n) is 7.17. The fourth-order valence-corrected chi connectivity index (χ4v) is 2.39. The number of hydrogen-bond acceptors (Lipinski definition) is 3. The van der Waals surface area contributed by atoms with E-state index < -0.39 is 0 Å². The summed E-state index contributed by atoms with van der Waals surface area (Å²) in [6.45, 7) is 1.03. The summed E-state index contributed by atoms with van der Waals surface area (Å²) in [6, 6.07) is 5.98.